The van der Waals surface area contributed by atoms with E-state index in [1.54, 1.807) is 31.2 Å². The van der Waals surface area contributed by atoms with Gasteiger partial charge in [0.1, 0.15) is 11.3 Å². The Morgan fingerprint density at radius 2 is 2.07 bits per heavy atom. The van der Waals surface area contributed by atoms with Gasteiger partial charge in [-0.25, -0.2) is 4.79 Å². The lowest BCUT2D eigenvalue weighted by Gasteiger charge is -2.16. The van der Waals surface area contributed by atoms with Crippen LogP contribution in [-0.4, -0.2) is 54.9 Å². The number of rotatable bonds is 7. The number of aromatic amines is 1. The fraction of sp³-hybridized carbons (Fsp3) is 0.200. The number of sulfonamides is 1. The number of carbonyl (C=O) groups excluding carboxylic acids is 1. The lowest BCUT2D eigenvalue weighted by Crippen LogP contribution is -2.38. The standard InChI is InChI=1S/C15H18N6O5S/c1-3-26-14(22)12-9-18-20-13(12)27(23,24)21(15(16)17)19-8-10-4-6-11(25-2)7-5-10/h4-9H,3H2,1-2H3,(H3,16,17)(H,18,20)/b19-8+. The van der Waals surface area contributed by atoms with Gasteiger partial charge >= 0.3 is 16.0 Å². The van der Waals surface area contributed by atoms with Crippen molar-refractivity contribution in [2.24, 2.45) is 10.8 Å². The third kappa shape index (κ3) is 4.41. The summed E-state index contributed by atoms with van der Waals surface area (Å²) in [6.45, 7) is 1.63. The van der Waals surface area contributed by atoms with E-state index in [0.29, 0.717) is 11.3 Å². The highest BCUT2D eigenvalue weighted by Crippen LogP contribution is 2.19. The van der Waals surface area contributed by atoms with Crippen molar-refractivity contribution < 1.29 is 22.7 Å². The summed E-state index contributed by atoms with van der Waals surface area (Å²) < 4.78 is 35.7. The Kier molecular flexibility index (Phi) is 6.13. The SMILES string of the molecule is CCOC(=O)c1cn[nH]c1S(=O)(=O)N(/N=C/c1ccc(OC)cc1)C(=N)N. The first-order valence-electron chi connectivity index (χ1n) is 7.59. The van der Waals surface area contributed by atoms with E-state index in [4.69, 9.17) is 20.6 Å². The maximum Gasteiger partial charge on any atom is 0.342 e. The number of nitrogens with two attached hydrogens (primary N) is 1. The fourth-order valence-corrected chi connectivity index (χ4v) is 3.16. The number of aromatic nitrogens is 2. The molecule has 0 radical (unpaired) electrons. The van der Waals surface area contributed by atoms with Crippen LogP contribution in [-0.2, 0) is 14.8 Å². The molecule has 1 aromatic heterocycles. The minimum atomic E-state index is -4.49. The van der Waals surface area contributed by atoms with Crippen molar-refractivity contribution in [2.45, 2.75) is 11.9 Å². The van der Waals surface area contributed by atoms with Crippen LogP contribution in [0.15, 0.2) is 40.6 Å². The highest BCUT2D eigenvalue weighted by atomic mass is 32.2. The first kappa shape index (κ1) is 19.9. The molecule has 0 amide bonds. The summed E-state index contributed by atoms with van der Waals surface area (Å²) in [5.74, 6) is -1.14. The number of ether oxygens (including phenoxy) is 2. The molecule has 0 saturated heterocycles. The molecule has 0 aliphatic rings. The number of guanidine groups is 1. The number of hydrogen-bond donors (Lipinski definition) is 3. The minimum Gasteiger partial charge on any atom is -0.497 e. The Labute approximate surface area is 155 Å². The molecule has 2 rings (SSSR count). The van der Waals surface area contributed by atoms with Crippen molar-refractivity contribution in [1.82, 2.24) is 14.6 Å². The summed E-state index contributed by atoms with van der Waals surface area (Å²) >= 11 is 0. The molecule has 0 atom stereocenters. The van der Waals surface area contributed by atoms with Gasteiger partial charge in [0.15, 0.2) is 5.03 Å². The number of esters is 1. The number of hydrogen-bond acceptors (Lipinski definition) is 8. The van der Waals surface area contributed by atoms with Gasteiger partial charge in [0, 0.05) is 0 Å². The highest BCUT2D eigenvalue weighted by Gasteiger charge is 2.33. The van der Waals surface area contributed by atoms with Gasteiger partial charge in [0.05, 0.1) is 26.1 Å². The zero-order valence-corrected chi connectivity index (χ0v) is 15.4. The first-order chi connectivity index (χ1) is 12.8. The van der Waals surface area contributed by atoms with E-state index in [2.05, 4.69) is 15.3 Å². The predicted octanol–water partition coefficient (Wildman–Crippen LogP) is 0.513. The number of carbonyl (C=O) groups is 1. The molecule has 0 aliphatic heterocycles. The molecule has 4 N–H and O–H groups in total. The van der Waals surface area contributed by atoms with Crippen LogP contribution in [0.2, 0.25) is 0 Å². The van der Waals surface area contributed by atoms with Gasteiger partial charge in [-0.05, 0) is 36.8 Å². The number of hydrazone groups is 1. The molecule has 1 heterocycles. The molecule has 12 heteroatoms. The average molecular weight is 394 g/mol. The second-order valence-electron chi connectivity index (χ2n) is 4.98. The Balaban J connectivity index is 2.38. The minimum absolute atomic E-state index is 0.0511. The van der Waals surface area contributed by atoms with Crippen molar-refractivity contribution in [3.63, 3.8) is 0 Å². The summed E-state index contributed by atoms with van der Waals surface area (Å²) in [5, 5.41) is 16.5. The van der Waals surface area contributed by atoms with Crippen molar-refractivity contribution in [2.75, 3.05) is 13.7 Å². The molecule has 0 saturated carbocycles. The molecule has 144 valence electrons. The Morgan fingerprint density at radius 3 is 2.63 bits per heavy atom. The number of nitrogens with zero attached hydrogens (tertiary/aromatic N) is 3. The number of H-pyrrole nitrogens is 1. The Hall–Kier alpha value is -3.41. The largest absolute Gasteiger partial charge is 0.497 e. The van der Waals surface area contributed by atoms with Crippen LogP contribution in [0.1, 0.15) is 22.8 Å². The molecule has 27 heavy (non-hydrogen) atoms. The molecule has 0 aliphatic carbocycles. The smallest absolute Gasteiger partial charge is 0.342 e. The van der Waals surface area contributed by atoms with Crippen LogP contribution in [0, 0.1) is 5.41 Å². The van der Waals surface area contributed by atoms with E-state index in [1.165, 1.54) is 13.3 Å². The van der Waals surface area contributed by atoms with E-state index in [0.717, 1.165) is 6.20 Å². The van der Waals surface area contributed by atoms with Crippen molar-refractivity contribution in [3.05, 3.63) is 41.6 Å². The zero-order valence-electron chi connectivity index (χ0n) is 14.5. The van der Waals surface area contributed by atoms with Gasteiger partial charge in [0.25, 0.3) is 0 Å². The Bertz CT molecular complexity index is 951. The summed E-state index contributed by atoms with van der Waals surface area (Å²) in [5.41, 5.74) is 5.59. The topological polar surface area (TPSA) is 164 Å². The molecular weight excluding hydrogens is 376 g/mol. The first-order valence-corrected chi connectivity index (χ1v) is 9.03. The van der Waals surface area contributed by atoms with Crippen LogP contribution < -0.4 is 10.5 Å². The predicted molar refractivity (Wildman–Crippen MR) is 96.1 cm³/mol. The number of benzene rings is 1. The quantitative estimate of drug-likeness (QED) is 0.266. The van der Waals surface area contributed by atoms with Gasteiger partial charge in [-0.1, -0.05) is 0 Å². The van der Waals surface area contributed by atoms with Gasteiger partial charge in [-0.3, -0.25) is 10.5 Å². The summed E-state index contributed by atoms with van der Waals surface area (Å²) in [7, 11) is -2.98. The van der Waals surface area contributed by atoms with Gasteiger partial charge in [-0.2, -0.15) is 18.6 Å². The van der Waals surface area contributed by atoms with Gasteiger partial charge in [-0.15, -0.1) is 4.41 Å². The van der Waals surface area contributed by atoms with E-state index in [1.807, 2.05) is 0 Å². The zero-order chi connectivity index (χ0) is 20.0. The van der Waals surface area contributed by atoms with Crippen LogP contribution in [0.5, 0.6) is 5.75 Å². The molecule has 0 spiro atoms. The molecule has 2 aromatic rings. The summed E-state index contributed by atoms with van der Waals surface area (Å²) in [6, 6.07) is 6.57. The van der Waals surface area contributed by atoms with E-state index < -0.39 is 27.0 Å². The lowest BCUT2D eigenvalue weighted by atomic mass is 10.2. The molecule has 1 aromatic carbocycles. The Morgan fingerprint density at radius 1 is 1.41 bits per heavy atom. The second-order valence-corrected chi connectivity index (χ2v) is 6.69. The second kappa shape index (κ2) is 8.31. The third-order valence-corrected chi connectivity index (χ3v) is 4.79. The van der Waals surface area contributed by atoms with Crippen LogP contribution in [0.3, 0.4) is 0 Å². The van der Waals surface area contributed by atoms with E-state index >= 15 is 0 Å². The lowest BCUT2D eigenvalue weighted by molar-refractivity contribution is 0.0521. The van der Waals surface area contributed by atoms with Crippen molar-refractivity contribution in [1.29, 1.82) is 5.41 Å². The molecule has 0 unspecified atom stereocenters. The third-order valence-electron chi connectivity index (χ3n) is 3.22. The molecule has 11 nitrogen and oxygen atoms in total. The van der Waals surface area contributed by atoms with Crippen LogP contribution in [0.4, 0.5) is 0 Å². The van der Waals surface area contributed by atoms with Gasteiger partial charge < -0.3 is 15.2 Å². The monoisotopic (exact) mass is 394 g/mol. The van der Waals surface area contributed by atoms with Crippen molar-refractivity contribution in [3.8, 4) is 5.75 Å². The molecule has 0 fully saturated rings. The van der Waals surface area contributed by atoms with Crippen LogP contribution in [0.25, 0.3) is 0 Å². The normalized spacial score (nSPS) is 11.3. The summed E-state index contributed by atoms with van der Waals surface area (Å²) in [4.78, 5) is 11.9. The molecular formula is C15H18N6O5S. The highest BCUT2D eigenvalue weighted by molar-refractivity contribution is 7.89. The van der Waals surface area contributed by atoms with Crippen LogP contribution >= 0.6 is 0 Å². The number of nitrogens with one attached hydrogen (secondary N) is 2. The fourth-order valence-electron chi connectivity index (χ4n) is 1.97. The van der Waals surface area contributed by atoms with E-state index in [-0.39, 0.29) is 16.6 Å². The van der Waals surface area contributed by atoms with Crippen molar-refractivity contribution >= 4 is 28.2 Å². The van der Waals surface area contributed by atoms with Gasteiger partial charge in [0.2, 0.25) is 5.96 Å². The molecule has 0 bridgehead atoms. The number of methoxy groups -OCH3 is 1. The average Bonchev–Trinajstić information content (AvgIpc) is 3.13. The maximum atomic E-state index is 12.8. The summed E-state index contributed by atoms with van der Waals surface area (Å²) in [6.07, 6.45) is 2.20. The maximum absolute atomic E-state index is 12.8. The van der Waals surface area contributed by atoms with E-state index in [9.17, 15) is 13.2 Å².